The van der Waals surface area contributed by atoms with Gasteiger partial charge < -0.3 is 10.6 Å². The van der Waals surface area contributed by atoms with Crippen molar-refractivity contribution in [2.75, 3.05) is 11.9 Å². The van der Waals surface area contributed by atoms with Gasteiger partial charge in [0.25, 0.3) is 11.8 Å². The van der Waals surface area contributed by atoms with E-state index in [1.165, 1.54) is 27.6 Å². The highest BCUT2D eigenvalue weighted by Gasteiger charge is 2.27. The maximum atomic E-state index is 13.0. The summed E-state index contributed by atoms with van der Waals surface area (Å²) in [5.41, 5.74) is 1.68. The standard InChI is InChI=1S/C20H18Cl2N2O2S2/c1-2-23-18(25)15-11-5-3-4-6-13(11)28-20(15)24-19(26)17-16(22)12-8-7-10(21)9-14(12)27-17/h7-9H,2-6H2,1H3,(H,23,25)(H,24,26). The van der Waals surface area contributed by atoms with Gasteiger partial charge in [0.15, 0.2) is 0 Å². The first kappa shape index (κ1) is 19.7. The van der Waals surface area contributed by atoms with Gasteiger partial charge in [-0.2, -0.15) is 0 Å². The Bertz CT molecular complexity index is 1090. The van der Waals surface area contributed by atoms with Crippen LogP contribution in [0.25, 0.3) is 10.1 Å². The number of amides is 2. The van der Waals surface area contributed by atoms with Gasteiger partial charge in [0.1, 0.15) is 9.88 Å². The first-order valence-electron chi connectivity index (χ1n) is 9.11. The van der Waals surface area contributed by atoms with Crippen molar-refractivity contribution in [1.82, 2.24) is 5.32 Å². The summed E-state index contributed by atoms with van der Waals surface area (Å²) >= 11 is 15.3. The van der Waals surface area contributed by atoms with Crippen LogP contribution in [0.1, 0.15) is 50.2 Å². The number of carbonyl (C=O) groups excluding carboxylic acids is 2. The van der Waals surface area contributed by atoms with Crippen molar-refractivity contribution in [3.05, 3.63) is 49.1 Å². The van der Waals surface area contributed by atoms with Crippen molar-refractivity contribution in [1.29, 1.82) is 0 Å². The van der Waals surface area contributed by atoms with Gasteiger partial charge in [-0.3, -0.25) is 9.59 Å². The van der Waals surface area contributed by atoms with E-state index in [2.05, 4.69) is 10.6 Å². The Balaban J connectivity index is 1.71. The summed E-state index contributed by atoms with van der Waals surface area (Å²) in [6, 6.07) is 5.37. The number of fused-ring (bicyclic) bond motifs is 2. The molecule has 8 heteroatoms. The SMILES string of the molecule is CCNC(=O)c1c(NC(=O)c2sc3cc(Cl)ccc3c2Cl)sc2c1CCCC2. The number of hydrogen-bond acceptors (Lipinski definition) is 4. The van der Waals surface area contributed by atoms with Gasteiger partial charge in [0, 0.05) is 26.5 Å². The van der Waals surface area contributed by atoms with Gasteiger partial charge in [-0.15, -0.1) is 22.7 Å². The second-order valence-electron chi connectivity index (χ2n) is 6.61. The van der Waals surface area contributed by atoms with E-state index in [1.54, 1.807) is 12.1 Å². The van der Waals surface area contributed by atoms with Crippen LogP contribution in [0.3, 0.4) is 0 Å². The van der Waals surface area contributed by atoms with E-state index in [-0.39, 0.29) is 11.8 Å². The Morgan fingerprint density at radius 1 is 1.11 bits per heavy atom. The van der Waals surface area contributed by atoms with Gasteiger partial charge in [-0.1, -0.05) is 29.3 Å². The smallest absolute Gasteiger partial charge is 0.267 e. The molecule has 1 aromatic carbocycles. The zero-order valence-electron chi connectivity index (χ0n) is 15.2. The third-order valence-electron chi connectivity index (χ3n) is 4.76. The summed E-state index contributed by atoms with van der Waals surface area (Å²) in [4.78, 5) is 27.3. The number of nitrogens with one attached hydrogen (secondary N) is 2. The van der Waals surface area contributed by atoms with Crippen molar-refractivity contribution in [3.8, 4) is 0 Å². The topological polar surface area (TPSA) is 58.2 Å². The van der Waals surface area contributed by atoms with E-state index in [1.807, 2.05) is 13.0 Å². The van der Waals surface area contributed by atoms with Crippen LogP contribution in [0.4, 0.5) is 5.00 Å². The average molecular weight is 453 g/mol. The Labute approximate surface area is 180 Å². The lowest BCUT2D eigenvalue weighted by Crippen LogP contribution is -2.25. The molecule has 2 amide bonds. The van der Waals surface area contributed by atoms with Crippen LogP contribution in [0.5, 0.6) is 0 Å². The summed E-state index contributed by atoms with van der Waals surface area (Å²) in [5, 5.41) is 8.24. The molecule has 3 aromatic rings. The van der Waals surface area contributed by atoms with Gasteiger partial charge in [-0.25, -0.2) is 0 Å². The number of anilines is 1. The van der Waals surface area contributed by atoms with Crippen molar-refractivity contribution in [2.24, 2.45) is 0 Å². The van der Waals surface area contributed by atoms with Crippen LogP contribution in [-0.2, 0) is 12.8 Å². The number of thiophene rings is 2. The molecular weight excluding hydrogens is 435 g/mol. The second-order valence-corrected chi connectivity index (χ2v) is 9.59. The summed E-state index contributed by atoms with van der Waals surface area (Å²) in [6.07, 6.45) is 3.99. The maximum Gasteiger partial charge on any atom is 0.267 e. The Kier molecular flexibility index (Phi) is 5.65. The zero-order chi connectivity index (χ0) is 19.8. The number of hydrogen-bond donors (Lipinski definition) is 2. The largest absolute Gasteiger partial charge is 0.352 e. The fourth-order valence-corrected chi connectivity index (χ4v) is 6.46. The molecule has 4 rings (SSSR count). The van der Waals surface area contributed by atoms with E-state index >= 15 is 0 Å². The molecule has 0 radical (unpaired) electrons. The van der Waals surface area contributed by atoms with Crippen LogP contribution < -0.4 is 10.6 Å². The van der Waals surface area contributed by atoms with E-state index in [0.29, 0.717) is 32.0 Å². The molecule has 0 spiro atoms. The summed E-state index contributed by atoms with van der Waals surface area (Å²) in [7, 11) is 0. The Hall–Kier alpha value is -1.60. The molecule has 1 aliphatic rings. The van der Waals surface area contributed by atoms with Gasteiger partial charge in [-0.05, 0) is 50.3 Å². The van der Waals surface area contributed by atoms with E-state index < -0.39 is 0 Å². The lowest BCUT2D eigenvalue weighted by molar-refractivity contribution is 0.0956. The number of benzene rings is 1. The summed E-state index contributed by atoms with van der Waals surface area (Å²) in [5.74, 6) is -0.433. The quantitative estimate of drug-likeness (QED) is 0.498. The van der Waals surface area contributed by atoms with Crippen molar-refractivity contribution in [2.45, 2.75) is 32.6 Å². The number of aryl methyl sites for hydroxylation is 1. The number of halogens is 2. The molecule has 2 heterocycles. The molecule has 0 unspecified atom stereocenters. The molecule has 2 N–H and O–H groups in total. The maximum absolute atomic E-state index is 13.0. The summed E-state index contributed by atoms with van der Waals surface area (Å²) < 4.78 is 0.858. The number of carbonyl (C=O) groups is 2. The molecule has 146 valence electrons. The molecule has 0 saturated carbocycles. The van der Waals surface area contributed by atoms with Crippen LogP contribution in [0.2, 0.25) is 10.0 Å². The number of rotatable bonds is 4. The lowest BCUT2D eigenvalue weighted by atomic mass is 9.95. The van der Waals surface area contributed by atoms with E-state index in [4.69, 9.17) is 23.2 Å². The third-order valence-corrected chi connectivity index (χ3v) is 7.86. The van der Waals surface area contributed by atoms with Crippen molar-refractivity contribution in [3.63, 3.8) is 0 Å². The molecule has 1 aliphatic carbocycles. The highest BCUT2D eigenvalue weighted by Crippen LogP contribution is 2.40. The molecule has 4 nitrogen and oxygen atoms in total. The second kappa shape index (κ2) is 8.03. The molecule has 0 atom stereocenters. The highest BCUT2D eigenvalue weighted by molar-refractivity contribution is 7.22. The minimum Gasteiger partial charge on any atom is -0.352 e. The van der Waals surface area contributed by atoms with Crippen molar-refractivity contribution >= 4 is 72.8 Å². The van der Waals surface area contributed by atoms with Crippen molar-refractivity contribution < 1.29 is 9.59 Å². The van der Waals surface area contributed by atoms with Crippen LogP contribution >= 0.6 is 45.9 Å². The minimum absolute atomic E-state index is 0.133. The highest BCUT2D eigenvalue weighted by atomic mass is 35.5. The molecule has 0 saturated heterocycles. The monoisotopic (exact) mass is 452 g/mol. The molecule has 0 fully saturated rings. The zero-order valence-corrected chi connectivity index (χ0v) is 18.3. The van der Waals surface area contributed by atoms with E-state index in [9.17, 15) is 9.59 Å². The van der Waals surface area contributed by atoms with E-state index in [0.717, 1.165) is 41.3 Å². The lowest BCUT2D eigenvalue weighted by Gasteiger charge is -2.12. The predicted octanol–water partition coefficient (Wildman–Crippen LogP) is 6.15. The third kappa shape index (κ3) is 3.54. The molecule has 0 aliphatic heterocycles. The minimum atomic E-state index is -0.300. The normalized spacial score (nSPS) is 13.4. The predicted molar refractivity (Wildman–Crippen MR) is 119 cm³/mol. The Morgan fingerprint density at radius 3 is 2.68 bits per heavy atom. The molecular formula is C20H18Cl2N2O2S2. The molecule has 2 aromatic heterocycles. The van der Waals surface area contributed by atoms with Gasteiger partial charge in [0.05, 0.1) is 10.6 Å². The van der Waals surface area contributed by atoms with Crippen LogP contribution in [-0.4, -0.2) is 18.4 Å². The van der Waals surface area contributed by atoms with Crippen LogP contribution in [0.15, 0.2) is 18.2 Å². The van der Waals surface area contributed by atoms with Gasteiger partial charge in [0.2, 0.25) is 0 Å². The average Bonchev–Trinajstić information content (AvgIpc) is 3.19. The molecule has 28 heavy (non-hydrogen) atoms. The summed E-state index contributed by atoms with van der Waals surface area (Å²) in [6.45, 7) is 2.43. The Morgan fingerprint density at radius 2 is 1.89 bits per heavy atom. The molecule has 0 bridgehead atoms. The first-order chi connectivity index (χ1) is 13.5. The van der Waals surface area contributed by atoms with Crippen LogP contribution in [0, 0.1) is 0 Å². The van der Waals surface area contributed by atoms with Gasteiger partial charge >= 0.3 is 0 Å². The first-order valence-corrected chi connectivity index (χ1v) is 11.5. The fourth-order valence-electron chi connectivity index (χ4n) is 3.49. The fraction of sp³-hybridized carbons (Fsp3) is 0.300.